The molecule has 4 nitrogen and oxygen atoms in total. The molecule has 1 heterocycles. The Morgan fingerprint density at radius 3 is 2.85 bits per heavy atom. The SMILES string of the molecule is CCOC(=O)c1cccc(NCC2CCN(C)CC2)c1. The first kappa shape index (κ1) is 14.9. The van der Waals surface area contributed by atoms with Gasteiger partial charge in [0.1, 0.15) is 0 Å². The van der Waals surface area contributed by atoms with Gasteiger partial charge in [0.25, 0.3) is 0 Å². The molecule has 0 spiro atoms. The zero-order valence-electron chi connectivity index (χ0n) is 12.4. The summed E-state index contributed by atoms with van der Waals surface area (Å²) in [5.41, 5.74) is 1.61. The smallest absolute Gasteiger partial charge is 0.338 e. The van der Waals surface area contributed by atoms with Crippen LogP contribution in [-0.4, -0.2) is 44.2 Å². The van der Waals surface area contributed by atoms with Crippen LogP contribution in [0.1, 0.15) is 30.1 Å². The number of benzene rings is 1. The lowest BCUT2D eigenvalue weighted by molar-refractivity contribution is 0.0526. The minimum absolute atomic E-state index is 0.254. The summed E-state index contributed by atoms with van der Waals surface area (Å²) in [4.78, 5) is 14.1. The Hall–Kier alpha value is -1.55. The van der Waals surface area contributed by atoms with E-state index in [1.807, 2.05) is 25.1 Å². The molecule has 1 aromatic rings. The maximum atomic E-state index is 11.7. The first-order valence-corrected chi connectivity index (χ1v) is 7.38. The molecule has 0 aromatic heterocycles. The van der Waals surface area contributed by atoms with Gasteiger partial charge in [0.15, 0.2) is 0 Å². The molecule has 1 fully saturated rings. The minimum Gasteiger partial charge on any atom is -0.462 e. The third kappa shape index (κ3) is 4.23. The van der Waals surface area contributed by atoms with E-state index < -0.39 is 0 Å². The van der Waals surface area contributed by atoms with E-state index in [1.54, 1.807) is 6.07 Å². The molecule has 0 bridgehead atoms. The van der Waals surface area contributed by atoms with E-state index in [9.17, 15) is 4.79 Å². The molecule has 1 aliphatic heterocycles. The monoisotopic (exact) mass is 276 g/mol. The Balaban J connectivity index is 1.86. The first-order chi connectivity index (χ1) is 9.69. The fourth-order valence-corrected chi connectivity index (χ4v) is 2.50. The Labute approximate surface area is 121 Å². The van der Waals surface area contributed by atoms with Crippen LogP contribution in [0.2, 0.25) is 0 Å². The van der Waals surface area contributed by atoms with E-state index in [0.29, 0.717) is 12.2 Å². The van der Waals surface area contributed by atoms with Crippen LogP contribution in [-0.2, 0) is 4.74 Å². The van der Waals surface area contributed by atoms with Crippen LogP contribution >= 0.6 is 0 Å². The number of hydrogen-bond donors (Lipinski definition) is 1. The van der Waals surface area contributed by atoms with Gasteiger partial charge >= 0.3 is 5.97 Å². The Morgan fingerprint density at radius 2 is 2.15 bits per heavy atom. The van der Waals surface area contributed by atoms with Crippen LogP contribution in [0.5, 0.6) is 0 Å². The molecule has 0 unspecified atom stereocenters. The van der Waals surface area contributed by atoms with E-state index in [2.05, 4.69) is 17.3 Å². The van der Waals surface area contributed by atoms with Crippen LogP contribution in [0, 0.1) is 5.92 Å². The van der Waals surface area contributed by atoms with E-state index in [1.165, 1.54) is 25.9 Å². The fourth-order valence-electron chi connectivity index (χ4n) is 2.50. The number of carbonyl (C=O) groups is 1. The van der Waals surface area contributed by atoms with Crippen LogP contribution in [0.4, 0.5) is 5.69 Å². The zero-order chi connectivity index (χ0) is 14.4. The van der Waals surface area contributed by atoms with Crippen LogP contribution in [0.15, 0.2) is 24.3 Å². The first-order valence-electron chi connectivity index (χ1n) is 7.38. The standard InChI is InChI=1S/C16H24N2O2/c1-3-20-16(19)14-5-4-6-15(11-14)17-12-13-7-9-18(2)10-8-13/h4-6,11,13,17H,3,7-10,12H2,1-2H3. The van der Waals surface area contributed by atoms with Crippen molar-refractivity contribution in [2.75, 3.05) is 38.6 Å². The maximum Gasteiger partial charge on any atom is 0.338 e. The highest BCUT2D eigenvalue weighted by molar-refractivity contribution is 5.90. The molecule has 0 amide bonds. The highest BCUT2D eigenvalue weighted by Crippen LogP contribution is 2.18. The number of ether oxygens (including phenoxy) is 1. The summed E-state index contributed by atoms with van der Waals surface area (Å²) < 4.78 is 5.02. The summed E-state index contributed by atoms with van der Waals surface area (Å²) in [5, 5.41) is 3.44. The molecule has 20 heavy (non-hydrogen) atoms. The number of nitrogens with zero attached hydrogens (tertiary/aromatic N) is 1. The van der Waals surface area contributed by atoms with Crippen molar-refractivity contribution in [3.8, 4) is 0 Å². The normalized spacial score (nSPS) is 16.9. The molecule has 0 aliphatic carbocycles. The number of hydrogen-bond acceptors (Lipinski definition) is 4. The average Bonchev–Trinajstić information content (AvgIpc) is 2.47. The summed E-state index contributed by atoms with van der Waals surface area (Å²) in [6.45, 7) is 5.55. The van der Waals surface area contributed by atoms with E-state index >= 15 is 0 Å². The summed E-state index contributed by atoms with van der Waals surface area (Å²) in [7, 11) is 2.17. The fraction of sp³-hybridized carbons (Fsp3) is 0.562. The quantitative estimate of drug-likeness (QED) is 0.839. The third-order valence-corrected chi connectivity index (χ3v) is 3.81. The molecule has 0 radical (unpaired) electrons. The molecule has 1 N–H and O–H groups in total. The van der Waals surface area contributed by atoms with Gasteiger partial charge in [-0.15, -0.1) is 0 Å². The zero-order valence-corrected chi connectivity index (χ0v) is 12.4. The van der Waals surface area contributed by atoms with Crippen molar-refractivity contribution in [2.45, 2.75) is 19.8 Å². The van der Waals surface area contributed by atoms with Gasteiger partial charge in [0.05, 0.1) is 12.2 Å². The van der Waals surface area contributed by atoms with Gasteiger partial charge < -0.3 is 15.0 Å². The van der Waals surface area contributed by atoms with Crippen LogP contribution in [0.3, 0.4) is 0 Å². The summed E-state index contributed by atoms with van der Waals surface area (Å²) in [6, 6.07) is 7.55. The molecule has 1 aliphatic rings. The summed E-state index contributed by atoms with van der Waals surface area (Å²) >= 11 is 0. The highest BCUT2D eigenvalue weighted by Gasteiger charge is 2.16. The Morgan fingerprint density at radius 1 is 1.40 bits per heavy atom. The molecule has 1 saturated heterocycles. The van der Waals surface area contributed by atoms with Crippen LogP contribution < -0.4 is 5.32 Å². The van der Waals surface area contributed by atoms with E-state index in [4.69, 9.17) is 4.74 Å². The second kappa shape index (κ2) is 7.29. The maximum absolute atomic E-state index is 11.7. The largest absolute Gasteiger partial charge is 0.462 e. The van der Waals surface area contributed by atoms with Gasteiger partial charge in [-0.1, -0.05) is 6.07 Å². The van der Waals surface area contributed by atoms with Crippen molar-refractivity contribution in [1.82, 2.24) is 4.90 Å². The molecule has 0 atom stereocenters. The highest BCUT2D eigenvalue weighted by atomic mass is 16.5. The summed E-state index contributed by atoms with van der Waals surface area (Å²) in [6.07, 6.45) is 2.47. The number of esters is 1. The molecular weight excluding hydrogens is 252 g/mol. The minimum atomic E-state index is -0.254. The van der Waals surface area contributed by atoms with Gasteiger partial charge in [-0.25, -0.2) is 4.79 Å². The molecule has 0 saturated carbocycles. The predicted molar refractivity (Wildman–Crippen MR) is 81.1 cm³/mol. The molecule has 4 heteroatoms. The second-order valence-electron chi connectivity index (χ2n) is 5.43. The average molecular weight is 276 g/mol. The van der Waals surface area contributed by atoms with E-state index in [-0.39, 0.29) is 5.97 Å². The number of anilines is 1. The molecule has 1 aromatic carbocycles. The topological polar surface area (TPSA) is 41.6 Å². The lowest BCUT2D eigenvalue weighted by atomic mass is 9.97. The van der Waals surface area contributed by atoms with Crippen molar-refractivity contribution in [3.05, 3.63) is 29.8 Å². The Bertz CT molecular complexity index is 440. The van der Waals surface area contributed by atoms with Gasteiger partial charge in [0, 0.05) is 12.2 Å². The van der Waals surface area contributed by atoms with Gasteiger partial charge in [-0.3, -0.25) is 0 Å². The van der Waals surface area contributed by atoms with Gasteiger partial charge in [-0.05, 0) is 64.0 Å². The van der Waals surface area contributed by atoms with Crippen molar-refractivity contribution < 1.29 is 9.53 Å². The van der Waals surface area contributed by atoms with E-state index in [0.717, 1.165) is 18.2 Å². The van der Waals surface area contributed by atoms with Gasteiger partial charge in [-0.2, -0.15) is 0 Å². The predicted octanol–water partition coefficient (Wildman–Crippen LogP) is 2.62. The lowest BCUT2D eigenvalue weighted by Gasteiger charge is -2.29. The number of likely N-dealkylation sites (tertiary alicyclic amines) is 1. The van der Waals surface area contributed by atoms with Crippen molar-refractivity contribution in [3.63, 3.8) is 0 Å². The van der Waals surface area contributed by atoms with Crippen molar-refractivity contribution in [1.29, 1.82) is 0 Å². The van der Waals surface area contributed by atoms with Crippen molar-refractivity contribution in [2.24, 2.45) is 5.92 Å². The number of rotatable bonds is 5. The number of carbonyl (C=O) groups excluding carboxylic acids is 1. The Kier molecular flexibility index (Phi) is 5.41. The van der Waals surface area contributed by atoms with Gasteiger partial charge in [0.2, 0.25) is 0 Å². The second-order valence-corrected chi connectivity index (χ2v) is 5.43. The third-order valence-electron chi connectivity index (χ3n) is 3.81. The summed E-state index contributed by atoms with van der Waals surface area (Å²) in [5.74, 6) is 0.466. The molecular formula is C16H24N2O2. The van der Waals surface area contributed by atoms with Crippen molar-refractivity contribution >= 4 is 11.7 Å². The molecule has 2 rings (SSSR count). The lowest BCUT2D eigenvalue weighted by Crippen LogP contribution is -2.32. The molecule has 110 valence electrons. The van der Waals surface area contributed by atoms with Crippen LogP contribution in [0.25, 0.3) is 0 Å². The number of piperidine rings is 1. The number of nitrogens with one attached hydrogen (secondary N) is 1.